The van der Waals surface area contributed by atoms with Gasteiger partial charge in [0.15, 0.2) is 0 Å². The van der Waals surface area contributed by atoms with Crippen molar-refractivity contribution in [2.24, 2.45) is 0 Å². The molecule has 0 bridgehead atoms. The first kappa shape index (κ1) is 45.7. The molecule has 2 aromatic carbocycles. The zero-order valence-corrected chi connectivity index (χ0v) is 26.9. The van der Waals surface area contributed by atoms with Crippen LogP contribution in [0.2, 0.25) is 0 Å². The Kier molecular flexibility index (Phi) is 54.9. The van der Waals surface area contributed by atoms with Gasteiger partial charge in [-0.3, -0.25) is 7.05 Å². The molecule has 0 amide bonds. The summed E-state index contributed by atoms with van der Waals surface area (Å²) < 4.78 is 4.44. The van der Waals surface area contributed by atoms with Gasteiger partial charge in [0.25, 0.3) is 0 Å². The maximum absolute atomic E-state index is 9.81. The van der Waals surface area contributed by atoms with Gasteiger partial charge in [-0.05, 0) is 38.1 Å². The van der Waals surface area contributed by atoms with Crippen molar-refractivity contribution < 1.29 is 74.9 Å². The molecule has 180 valence electrons. The average molecular weight is 594 g/mol. The van der Waals surface area contributed by atoms with Gasteiger partial charge in [0.05, 0.1) is 0 Å². The minimum Gasteiger partial charge on any atom is -0.555 e. The van der Waals surface area contributed by atoms with E-state index >= 15 is 0 Å². The summed E-state index contributed by atoms with van der Waals surface area (Å²) in [6, 6.07) is 20.5. The van der Waals surface area contributed by atoms with E-state index < -0.39 is 0 Å². The molecule has 0 unspecified atom stereocenters. The molecule has 0 aliphatic rings. The summed E-state index contributed by atoms with van der Waals surface area (Å²) in [4.78, 5) is 9.81. The van der Waals surface area contributed by atoms with Gasteiger partial charge < -0.3 is 35.0 Å². The van der Waals surface area contributed by atoms with Crippen LogP contribution in [0.25, 0.3) is 0 Å². The molecule has 2 rings (SSSR count). The second kappa shape index (κ2) is 38.5. The van der Waals surface area contributed by atoms with Crippen LogP contribution in [0, 0.1) is 29.0 Å². The molecule has 0 heterocycles. The maximum Gasteiger partial charge on any atom is 0.129 e. The first-order valence-electron chi connectivity index (χ1n) is 9.64. The van der Waals surface area contributed by atoms with Gasteiger partial charge in [-0.15, -0.1) is 0 Å². The molecule has 0 spiro atoms. The summed E-state index contributed by atoms with van der Waals surface area (Å²) >= 11 is 0. The van der Waals surface area contributed by atoms with Crippen LogP contribution in [-0.4, -0.2) is 19.4 Å². The number of rotatable bonds is 7. The third kappa shape index (κ3) is 37.5. The van der Waals surface area contributed by atoms with Crippen molar-refractivity contribution in [2.75, 3.05) is 13.7 Å². The second-order valence-corrected chi connectivity index (χ2v) is 5.89. The number of hydrogen-bond acceptors (Lipinski definition) is 4. The summed E-state index contributed by atoms with van der Waals surface area (Å²) in [5.74, 6) is 0.255. The van der Waals surface area contributed by atoms with Gasteiger partial charge in [0.2, 0.25) is 0 Å². The van der Waals surface area contributed by atoms with Crippen LogP contribution in [0.5, 0.6) is 0 Å². The van der Waals surface area contributed by atoms with Gasteiger partial charge in [-0.2, -0.15) is 0 Å². The Morgan fingerprint density at radius 3 is 1.47 bits per heavy atom. The average Bonchev–Trinajstić information content (AvgIpc) is 2.72. The van der Waals surface area contributed by atoms with Gasteiger partial charge in [0.1, 0.15) is 5.78 Å². The van der Waals surface area contributed by atoms with Crippen LogP contribution < -0.4 is 10.6 Å². The molecule has 0 aliphatic carbocycles. The van der Waals surface area contributed by atoms with Gasteiger partial charge in [-0.25, -0.2) is 7.11 Å². The fourth-order valence-corrected chi connectivity index (χ4v) is 1.68. The fourth-order valence-electron chi connectivity index (χ4n) is 1.68. The molecule has 0 fully saturated rings. The third-order valence-corrected chi connectivity index (χ3v) is 3.24. The number of carbonyl (C=O) groups excluding carboxylic acids is 1. The molecule has 32 heavy (non-hydrogen) atoms. The Hall–Kier alpha value is 0.198. The van der Waals surface area contributed by atoms with E-state index in [9.17, 15) is 4.79 Å². The number of carbonyl (C=O) groups is 1. The molecule has 0 atom stereocenters. The fraction of sp³-hybridized carbons (Fsp3) is 0.346. The minimum absolute atomic E-state index is 0. The molecule has 2 aromatic rings. The smallest absolute Gasteiger partial charge is 0.129 e. The molecular weight excluding hydrogens is 550 g/mol. The number of benzene rings is 2. The van der Waals surface area contributed by atoms with E-state index in [1.54, 1.807) is 6.92 Å². The molecule has 0 saturated carbocycles. The summed E-state index contributed by atoms with van der Waals surface area (Å²) in [7, 11) is 8.66. The number of hydrogen-bond donors (Lipinski definition) is 2. The second-order valence-electron chi connectivity index (χ2n) is 5.89. The zero-order chi connectivity index (χ0) is 21.5. The van der Waals surface area contributed by atoms with Crippen LogP contribution in [0.3, 0.4) is 0 Å². The Morgan fingerprint density at radius 1 is 0.875 bits per heavy atom. The third-order valence-electron chi connectivity index (χ3n) is 3.24. The van der Waals surface area contributed by atoms with Crippen molar-refractivity contribution in [1.82, 2.24) is 10.6 Å². The molecule has 6 heteroatoms. The standard InChI is InChI=1S/C8H11N.C8H10N.C4H9O.C4H8O.2CH3.2Y/c2*1-9-7-8-5-3-2-4-6-8;1-3-4-5-2;1-3-4(2)5;;;;/h2-6,9H,7H2,1H3;2-6,9H,1,7H2;2-4H2,1H3;3H2,1-2H3;2*1H3;;/q;2*-1;;2*-1;;. The van der Waals surface area contributed by atoms with E-state index in [1.807, 2.05) is 57.3 Å². The summed E-state index contributed by atoms with van der Waals surface area (Å²) in [5.41, 5.74) is 2.60. The van der Waals surface area contributed by atoms with Crippen LogP contribution in [0.4, 0.5) is 0 Å². The first-order chi connectivity index (χ1) is 13.5. The predicted octanol–water partition coefficient (Wildman–Crippen LogP) is 6.06. The summed E-state index contributed by atoms with van der Waals surface area (Å²) in [6.07, 6.45) is 1.73. The van der Waals surface area contributed by atoms with Crippen molar-refractivity contribution in [3.8, 4) is 0 Å². The van der Waals surface area contributed by atoms with Crippen molar-refractivity contribution in [1.29, 1.82) is 0 Å². The Labute approximate surface area is 250 Å². The molecular formula is C26H44N2O2Y2-4. The van der Waals surface area contributed by atoms with E-state index in [2.05, 4.69) is 53.8 Å². The Bertz CT molecular complexity index is 513. The van der Waals surface area contributed by atoms with Crippen LogP contribution in [0.15, 0.2) is 60.7 Å². The van der Waals surface area contributed by atoms with Crippen molar-refractivity contribution >= 4 is 5.78 Å². The zero-order valence-electron chi connectivity index (χ0n) is 21.2. The van der Waals surface area contributed by atoms with Crippen molar-refractivity contribution in [3.05, 3.63) is 101 Å². The molecule has 0 aliphatic heterocycles. The van der Waals surface area contributed by atoms with E-state index in [0.717, 1.165) is 26.1 Å². The maximum atomic E-state index is 9.81. The number of ether oxygens (including phenoxy) is 1. The largest absolute Gasteiger partial charge is 0.555 e. The normalized spacial score (nSPS) is 7.81. The number of ketones is 1. The summed E-state index contributed by atoms with van der Waals surface area (Å²) in [5, 5.41) is 5.92. The molecule has 2 N–H and O–H groups in total. The topological polar surface area (TPSA) is 50.4 Å². The van der Waals surface area contributed by atoms with Crippen LogP contribution in [0.1, 0.15) is 44.7 Å². The SMILES string of the molecule is CCC(C)=O.CNCc1ccccc1.[CH2-]NCc1ccccc1.[CH2-]OCCC.[CH3-].[CH3-].[Y].[Y]. The van der Waals surface area contributed by atoms with E-state index in [0.29, 0.717) is 6.42 Å². The minimum atomic E-state index is 0. The quantitative estimate of drug-likeness (QED) is 0.383. The van der Waals surface area contributed by atoms with Crippen LogP contribution in [-0.2, 0) is 88.0 Å². The Balaban J connectivity index is -0.0000000701. The first-order valence-corrected chi connectivity index (χ1v) is 9.64. The van der Waals surface area contributed by atoms with Crippen LogP contribution >= 0.6 is 0 Å². The molecule has 0 saturated heterocycles. The van der Waals surface area contributed by atoms with Gasteiger partial charge in [-0.1, -0.05) is 74.5 Å². The van der Waals surface area contributed by atoms with Gasteiger partial charge >= 0.3 is 0 Å². The monoisotopic (exact) mass is 594 g/mol. The predicted molar refractivity (Wildman–Crippen MR) is 133 cm³/mol. The van der Waals surface area contributed by atoms with E-state index in [4.69, 9.17) is 0 Å². The molecule has 0 aromatic heterocycles. The summed E-state index contributed by atoms with van der Waals surface area (Å²) in [6.45, 7) is 8.06. The Morgan fingerprint density at radius 2 is 1.25 bits per heavy atom. The number of nitrogens with one attached hydrogen (secondary N) is 2. The van der Waals surface area contributed by atoms with E-state index in [1.165, 1.54) is 11.1 Å². The number of Topliss-reactive ketones (excluding diaryl/α,β-unsaturated/α-hetero) is 1. The van der Waals surface area contributed by atoms with Crippen molar-refractivity contribution in [2.45, 2.75) is 46.7 Å². The van der Waals surface area contributed by atoms with Crippen molar-refractivity contribution in [3.63, 3.8) is 0 Å². The van der Waals surface area contributed by atoms with Gasteiger partial charge in [0, 0.05) is 85.0 Å². The van der Waals surface area contributed by atoms with E-state index in [-0.39, 0.29) is 86.1 Å². The molecule has 4 nitrogen and oxygen atoms in total. The molecule has 2 radical (unpaired) electrons.